The molecule has 0 aliphatic carbocycles. The maximum Gasteiger partial charge on any atom is 0.172 e. The highest BCUT2D eigenvalue weighted by Crippen LogP contribution is 2.20. The molecule has 5 N–H and O–H groups in total. The van der Waals surface area contributed by atoms with Gasteiger partial charge in [0.25, 0.3) is 0 Å². The molecule has 0 bridgehead atoms. The minimum Gasteiger partial charge on any atom is -0.388 e. The van der Waals surface area contributed by atoms with Crippen LogP contribution in [0.2, 0.25) is 0 Å². The van der Waals surface area contributed by atoms with Gasteiger partial charge < -0.3 is 25.8 Å². The van der Waals surface area contributed by atoms with Crippen LogP contribution in [0.3, 0.4) is 0 Å². The summed E-state index contributed by atoms with van der Waals surface area (Å²) in [6.45, 7) is 1.80. The van der Waals surface area contributed by atoms with Gasteiger partial charge >= 0.3 is 0 Å². The third-order valence-corrected chi connectivity index (χ3v) is 2.17. The summed E-state index contributed by atoms with van der Waals surface area (Å²) in [5, 5.41) is 27.8. The van der Waals surface area contributed by atoms with E-state index in [0.29, 0.717) is 6.42 Å². The first-order valence-electron chi connectivity index (χ1n) is 4.03. The van der Waals surface area contributed by atoms with Crippen LogP contribution < -0.4 is 5.73 Å². The Bertz CT molecular complexity index is 150. The highest BCUT2D eigenvalue weighted by molar-refractivity contribution is 4.90. The van der Waals surface area contributed by atoms with Crippen LogP contribution in [0.5, 0.6) is 0 Å². The zero-order valence-corrected chi connectivity index (χ0v) is 6.92. The van der Waals surface area contributed by atoms with Crippen molar-refractivity contribution in [2.75, 3.05) is 0 Å². The molecule has 0 aromatic carbocycles. The standard InChI is InChI=1S/C7H15NO4/c1-2-3-5(9)6(10)4(8)7(11)12-3/h3-7,9-11H,2,8H2,1H3/t3-,4-,5-,6+,7-/m1/s1. The summed E-state index contributed by atoms with van der Waals surface area (Å²) in [6.07, 6.45) is -3.31. The highest BCUT2D eigenvalue weighted by Gasteiger charge is 2.40. The normalized spacial score (nSPS) is 49.2. The molecule has 72 valence electrons. The largest absolute Gasteiger partial charge is 0.388 e. The molecule has 0 aromatic rings. The summed E-state index contributed by atoms with van der Waals surface area (Å²) in [6, 6.07) is -0.928. The molecule has 5 nitrogen and oxygen atoms in total. The minimum atomic E-state index is -1.19. The average Bonchev–Trinajstić information content (AvgIpc) is 2.08. The lowest BCUT2D eigenvalue weighted by Gasteiger charge is -2.38. The molecule has 1 saturated heterocycles. The Morgan fingerprint density at radius 3 is 2.33 bits per heavy atom. The van der Waals surface area contributed by atoms with Gasteiger partial charge in [0.15, 0.2) is 6.29 Å². The Labute approximate surface area is 70.8 Å². The first-order valence-corrected chi connectivity index (χ1v) is 4.03. The van der Waals surface area contributed by atoms with E-state index < -0.39 is 30.6 Å². The number of aliphatic hydroxyl groups excluding tert-OH is 3. The predicted octanol–water partition coefficient (Wildman–Crippen LogP) is -1.84. The molecule has 1 aliphatic rings. The van der Waals surface area contributed by atoms with Crippen LogP contribution in [0.15, 0.2) is 0 Å². The third kappa shape index (κ3) is 1.60. The lowest BCUT2D eigenvalue weighted by molar-refractivity contribution is -0.242. The number of ether oxygens (including phenoxy) is 1. The van der Waals surface area contributed by atoms with Gasteiger partial charge in [-0.1, -0.05) is 6.92 Å². The van der Waals surface area contributed by atoms with Crippen molar-refractivity contribution in [2.24, 2.45) is 5.73 Å². The van der Waals surface area contributed by atoms with Gasteiger partial charge in [-0.15, -0.1) is 0 Å². The smallest absolute Gasteiger partial charge is 0.172 e. The summed E-state index contributed by atoms with van der Waals surface area (Å²) in [5.74, 6) is 0. The van der Waals surface area contributed by atoms with Gasteiger partial charge in [-0.25, -0.2) is 0 Å². The van der Waals surface area contributed by atoms with E-state index in [1.54, 1.807) is 6.92 Å². The van der Waals surface area contributed by atoms with Crippen molar-refractivity contribution in [1.82, 2.24) is 0 Å². The lowest BCUT2D eigenvalue weighted by atomic mass is 9.96. The van der Waals surface area contributed by atoms with Crippen molar-refractivity contribution < 1.29 is 20.1 Å². The van der Waals surface area contributed by atoms with Crippen LogP contribution in [0.4, 0.5) is 0 Å². The van der Waals surface area contributed by atoms with E-state index in [4.69, 9.17) is 15.6 Å². The maximum absolute atomic E-state index is 9.36. The fraction of sp³-hybridized carbons (Fsp3) is 1.00. The molecule has 1 fully saturated rings. The first-order chi connectivity index (χ1) is 5.57. The van der Waals surface area contributed by atoms with Crippen LogP contribution in [0.1, 0.15) is 13.3 Å². The Balaban J connectivity index is 2.63. The lowest BCUT2D eigenvalue weighted by Crippen LogP contribution is -2.60. The second kappa shape index (κ2) is 3.68. The highest BCUT2D eigenvalue weighted by atomic mass is 16.6. The van der Waals surface area contributed by atoms with Gasteiger partial charge in [-0.3, -0.25) is 0 Å². The van der Waals surface area contributed by atoms with E-state index in [1.165, 1.54) is 0 Å². The summed E-state index contributed by atoms with van der Waals surface area (Å²) in [7, 11) is 0. The van der Waals surface area contributed by atoms with Gasteiger partial charge in [-0.05, 0) is 6.42 Å². The SMILES string of the molecule is CC[C@H]1O[C@@H](O)[C@H](N)[C@H](O)[C@@H]1O. The topological polar surface area (TPSA) is 95.9 Å². The zero-order valence-electron chi connectivity index (χ0n) is 6.92. The molecule has 1 rings (SSSR count). The van der Waals surface area contributed by atoms with Crippen LogP contribution in [0.25, 0.3) is 0 Å². The molecule has 1 heterocycles. The molecule has 0 spiro atoms. The third-order valence-electron chi connectivity index (χ3n) is 2.17. The Hall–Kier alpha value is -0.200. The summed E-state index contributed by atoms with van der Waals surface area (Å²) in [5.41, 5.74) is 5.34. The fourth-order valence-electron chi connectivity index (χ4n) is 1.30. The number of aliphatic hydroxyl groups is 3. The Kier molecular flexibility index (Phi) is 3.03. The predicted molar refractivity (Wildman–Crippen MR) is 41.2 cm³/mol. The van der Waals surface area contributed by atoms with Gasteiger partial charge in [0.2, 0.25) is 0 Å². The average molecular weight is 177 g/mol. The van der Waals surface area contributed by atoms with E-state index >= 15 is 0 Å². The molecule has 12 heavy (non-hydrogen) atoms. The molecular formula is C7H15NO4. The van der Waals surface area contributed by atoms with Crippen LogP contribution in [0, 0.1) is 0 Å². The Morgan fingerprint density at radius 1 is 1.25 bits per heavy atom. The molecule has 0 unspecified atom stereocenters. The maximum atomic E-state index is 9.36. The summed E-state index contributed by atoms with van der Waals surface area (Å²) in [4.78, 5) is 0. The number of rotatable bonds is 1. The minimum absolute atomic E-state index is 0.530. The second-order valence-electron chi connectivity index (χ2n) is 3.03. The molecule has 5 heteroatoms. The molecular weight excluding hydrogens is 162 g/mol. The second-order valence-corrected chi connectivity index (χ2v) is 3.03. The van der Waals surface area contributed by atoms with Crippen LogP contribution >= 0.6 is 0 Å². The van der Waals surface area contributed by atoms with E-state index in [-0.39, 0.29) is 0 Å². The van der Waals surface area contributed by atoms with E-state index in [1.807, 2.05) is 0 Å². The van der Waals surface area contributed by atoms with Crippen molar-refractivity contribution >= 4 is 0 Å². The first kappa shape index (κ1) is 9.88. The van der Waals surface area contributed by atoms with Crippen molar-refractivity contribution in [1.29, 1.82) is 0 Å². The van der Waals surface area contributed by atoms with Gasteiger partial charge in [-0.2, -0.15) is 0 Å². The molecule has 0 amide bonds. The quantitative estimate of drug-likeness (QED) is 0.377. The van der Waals surface area contributed by atoms with Gasteiger partial charge in [0, 0.05) is 0 Å². The number of nitrogens with two attached hydrogens (primary N) is 1. The zero-order chi connectivity index (χ0) is 9.30. The van der Waals surface area contributed by atoms with Crippen molar-refractivity contribution in [2.45, 2.75) is 44.0 Å². The fourth-order valence-corrected chi connectivity index (χ4v) is 1.30. The van der Waals surface area contributed by atoms with E-state index in [0.717, 1.165) is 0 Å². The van der Waals surface area contributed by atoms with Crippen molar-refractivity contribution in [3.05, 3.63) is 0 Å². The number of hydrogen-bond donors (Lipinski definition) is 4. The Morgan fingerprint density at radius 2 is 1.83 bits per heavy atom. The number of hydrogen-bond acceptors (Lipinski definition) is 5. The van der Waals surface area contributed by atoms with Gasteiger partial charge in [0.1, 0.15) is 12.2 Å². The van der Waals surface area contributed by atoms with Crippen molar-refractivity contribution in [3.63, 3.8) is 0 Å². The molecule has 5 atom stereocenters. The van der Waals surface area contributed by atoms with E-state index in [2.05, 4.69) is 0 Å². The molecule has 1 aliphatic heterocycles. The van der Waals surface area contributed by atoms with E-state index in [9.17, 15) is 10.2 Å². The molecule has 0 radical (unpaired) electrons. The molecule has 0 aromatic heterocycles. The van der Waals surface area contributed by atoms with Crippen molar-refractivity contribution in [3.8, 4) is 0 Å². The molecule has 0 saturated carbocycles. The van der Waals surface area contributed by atoms with Crippen LogP contribution in [-0.2, 0) is 4.74 Å². The van der Waals surface area contributed by atoms with Gasteiger partial charge in [0.05, 0.1) is 12.1 Å². The van der Waals surface area contributed by atoms with Crippen LogP contribution in [-0.4, -0.2) is 46.0 Å². The monoisotopic (exact) mass is 177 g/mol. The summed E-state index contributed by atoms with van der Waals surface area (Å²) >= 11 is 0. The summed E-state index contributed by atoms with van der Waals surface area (Å²) < 4.78 is 4.95.